The summed E-state index contributed by atoms with van der Waals surface area (Å²) in [5.41, 5.74) is 2.38. The Bertz CT molecular complexity index is 525. The summed E-state index contributed by atoms with van der Waals surface area (Å²) in [4.78, 5) is 0. The minimum Gasteiger partial charge on any atom is -0.126 e. The number of halogens is 3. The molecule has 0 saturated carbocycles. The van der Waals surface area contributed by atoms with Gasteiger partial charge >= 0.3 is 0 Å². The summed E-state index contributed by atoms with van der Waals surface area (Å²) in [6, 6.07) is 16.2. The van der Waals surface area contributed by atoms with Crippen LogP contribution in [0.2, 0.25) is 5.02 Å². The van der Waals surface area contributed by atoms with E-state index in [1.54, 1.807) is 0 Å². The molecule has 0 aromatic heterocycles. The molecule has 2 aromatic rings. The van der Waals surface area contributed by atoms with Crippen molar-refractivity contribution >= 4 is 39.1 Å². The maximum Gasteiger partial charge on any atom is 0.0438 e. The third-order valence-corrected chi connectivity index (χ3v) is 4.16. The quantitative estimate of drug-likeness (QED) is 0.627. The lowest BCUT2D eigenvalue weighted by molar-refractivity contribution is 0.766. The third kappa shape index (κ3) is 3.50. The largest absolute Gasteiger partial charge is 0.126 e. The van der Waals surface area contributed by atoms with Crippen LogP contribution in [0, 0.1) is 0 Å². The van der Waals surface area contributed by atoms with Crippen molar-refractivity contribution in [1.82, 2.24) is 0 Å². The second kappa shape index (κ2) is 6.60. The molecule has 0 saturated heterocycles. The lowest BCUT2D eigenvalue weighted by Gasteiger charge is -2.15. The molecule has 0 aliphatic carbocycles. The second-order valence-corrected chi connectivity index (χ2v) is 5.83. The molecule has 0 radical (unpaired) electrons. The molecule has 0 fully saturated rings. The van der Waals surface area contributed by atoms with Crippen molar-refractivity contribution < 1.29 is 0 Å². The molecule has 1 unspecified atom stereocenters. The van der Waals surface area contributed by atoms with E-state index in [-0.39, 0.29) is 5.92 Å². The Balaban J connectivity index is 2.23. The SMILES string of the molecule is ClCC(Cc1ccccc1Cl)c1cccc(Br)c1. The van der Waals surface area contributed by atoms with Crippen LogP contribution in [-0.2, 0) is 6.42 Å². The molecule has 0 bridgehead atoms. The maximum atomic E-state index is 6.19. The highest BCUT2D eigenvalue weighted by atomic mass is 79.9. The zero-order valence-electron chi connectivity index (χ0n) is 9.74. The Kier molecular flexibility index (Phi) is 5.11. The Morgan fingerprint density at radius 1 is 1.06 bits per heavy atom. The normalized spacial score (nSPS) is 12.4. The maximum absolute atomic E-state index is 6.19. The third-order valence-electron chi connectivity index (χ3n) is 2.93. The summed E-state index contributed by atoms with van der Waals surface area (Å²) in [6.07, 6.45) is 0.861. The van der Waals surface area contributed by atoms with Gasteiger partial charge in [0, 0.05) is 21.3 Å². The van der Waals surface area contributed by atoms with Gasteiger partial charge in [0.05, 0.1) is 0 Å². The zero-order chi connectivity index (χ0) is 13.0. The van der Waals surface area contributed by atoms with Crippen molar-refractivity contribution in [3.8, 4) is 0 Å². The molecule has 0 amide bonds. The molecule has 3 heteroatoms. The lowest BCUT2D eigenvalue weighted by atomic mass is 9.93. The van der Waals surface area contributed by atoms with Gasteiger partial charge < -0.3 is 0 Å². The first-order valence-corrected chi connectivity index (χ1v) is 7.46. The average Bonchev–Trinajstić information content (AvgIpc) is 2.38. The highest BCUT2D eigenvalue weighted by Gasteiger charge is 2.13. The number of benzene rings is 2. The first-order valence-electron chi connectivity index (χ1n) is 5.75. The van der Waals surface area contributed by atoms with Crippen molar-refractivity contribution in [2.24, 2.45) is 0 Å². The van der Waals surface area contributed by atoms with Crippen LogP contribution in [0.25, 0.3) is 0 Å². The van der Waals surface area contributed by atoms with Gasteiger partial charge in [-0.15, -0.1) is 11.6 Å². The van der Waals surface area contributed by atoms with Crippen LogP contribution in [0.3, 0.4) is 0 Å². The topological polar surface area (TPSA) is 0 Å². The van der Waals surface area contributed by atoms with Gasteiger partial charge in [0.2, 0.25) is 0 Å². The standard InChI is InChI=1S/C15H13BrCl2/c16-14-6-3-5-11(9-14)13(10-17)8-12-4-1-2-7-15(12)18/h1-7,9,13H,8,10H2. The summed E-state index contributed by atoms with van der Waals surface area (Å²) in [5.74, 6) is 0.867. The summed E-state index contributed by atoms with van der Waals surface area (Å²) in [5, 5.41) is 0.808. The molecule has 2 aromatic carbocycles. The van der Waals surface area contributed by atoms with E-state index in [2.05, 4.69) is 34.1 Å². The minimum absolute atomic E-state index is 0.282. The van der Waals surface area contributed by atoms with Crippen molar-refractivity contribution in [3.63, 3.8) is 0 Å². The second-order valence-electron chi connectivity index (χ2n) is 4.20. The molecular formula is C15H13BrCl2. The van der Waals surface area contributed by atoms with Gasteiger partial charge in [-0.2, -0.15) is 0 Å². The van der Waals surface area contributed by atoms with E-state index in [4.69, 9.17) is 23.2 Å². The van der Waals surface area contributed by atoms with Gasteiger partial charge in [0.15, 0.2) is 0 Å². The number of rotatable bonds is 4. The van der Waals surface area contributed by atoms with E-state index in [0.29, 0.717) is 5.88 Å². The van der Waals surface area contributed by atoms with E-state index < -0.39 is 0 Å². The van der Waals surface area contributed by atoms with Crippen LogP contribution in [-0.4, -0.2) is 5.88 Å². The summed E-state index contributed by atoms with van der Waals surface area (Å²) < 4.78 is 1.08. The Labute approximate surface area is 126 Å². The highest BCUT2D eigenvalue weighted by molar-refractivity contribution is 9.10. The number of alkyl halides is 1. The Hall–Kier alpha value is -0.500. The van der Waals surface area contributed by atoms with E-state index in [1.807, 2.05) is 30.3 Å². The van der Waals surface area contributed by atoms with Gasteiger partial charge in [-0.1, -0.05) is 57.9 Å². The molecule has 0 heterocycles. The fourth-order valence-electron chi connectivity index (χ4n) is 1.95. The molecule has 0 aliphatic heterocycles. The van der Waals surface area contributed by atoms with Gasteiger partial charge in [0.1, 0.15) is 0 Å². The lowest BCUT2D eigenvalue weighted by Crippen LogP contribution is -2.05. The summed E-state index contributed by atoms with van der Waals surface area (Å²) in [6.45, 7) is 0. The van der Waals surface area contributed by atoms with E-state index >= 15 is 0 Å². The van der Waals surface area contributed by atoms with Crippen molar-refractivity contribution in [2.75, 3.05) is 5.88 Å². The molecule has 94 valence electrons. The monoisotopic (exact) mass is 342 g/mol. The van der Waals surface area contributed by atoms with Crippen molar-refractivity contribution in [1.29, 1.82) is 0 Å². The molecule has 18 heavy (non-hydrogen) atoms. The molecule has 0 aliphatic rings. The minimum atomic E-state index is 0.282. The van der Waals surface area contributed by atoms with Crippen molar-refractivity contribution in [2.45, 2.75) is 12.3 Å². The molecule has 0 nitrogen and oxygen atoms in total. The molecule has 0 spiro atoms. The van der Waals surface area contributed by atoms with Crippen LogP contribution in [0.4, 0.5) is 0 Å². The molecular weight excluding hydrogens is 331 g/mol. The first kappa shape index (κ1) is 13.9. The average molecular weight is 344 g/mol. The van der Waals surface area contributed by atoms with Crippen molar-refractivity contribution in [3.05, 3.63) is 69.2 Å². The van der Waals surface area contributed by atoms with Gasteiger partial charge in [0.25, 0.3) is 0 Å². The molecule has 0 N–H and O–H groups in total. The summed E-state index contributed by atoms with van der Waals surface area (Å²) >= 11 is 15.8. The van der Waals surface area contributed by atoms with Gasteiger partial charge in [-0.3, -0.25) is 0 Å². The van der Waals surface area contributed by atoms with Crippen LogP contribution < -0.4 is 0 Å². The van der Waals surface area contributed by atoms with E-state index in [0.717, 1.165) is 21.5 Å². The van der Waals surface area contributed by atoms with E-state index in [1.165, 1.54) is 5.56 Å². The fourth-order valence-corrected chi connectivity index (χ4v) is 2.87. The molecule has 1 atom stereocenters. The summed E-state index contributed by atoms with van der Waals surface area (Å²) in [7, 11) is 0. The fraction of sp³-hybridized carbons (Fsp3) is 0.200. The van der Waals surface area contributed by atoms with Crippen LogP contribution in [0.1, 0.15) is 17.0 Å². The van der Waals surface area contributed by atoms with Gasteiger partial charge in [-0.05, 0) is 35.7 Å². The predicted octanol–water partition coefficient (Wildman–Crippen LogP) is 5.67. The van der Waals surface area contributed by atoms with E-state index in [9.17, 15) is 0 Å². The number of hydrogen-bond donors (Lipinski definition) is 0. The van der Waals surface area contributed by atoms with Crippen LogP contribution in [0.5, 0.6) is 0 Å². The Morgan fingerprint density at radius 2 is 1.83 bits per heavy atom. The highest BCUT2D eigenvalue weighted by Crippen LogP contribution is 2.27. The van der Waals surface area contributed by atoms with Crippen LogP contribution >= 0.6 is 39.1 Å². The van der Waals surface area contributed by atoms with Gasteiger partial charge in [-0.25, -0.2) is 0 Å². The number of hydrogen-bond acceptors (Lipinski definition) is 0. The molecule has 2 rings (SSSR count). The smallest absolute Gasteiger partial charge is 0.0438 e. The zero-order valence-corrected chi connectivity index (χ0v) is 12.8. The van der Waals surface area contributed by atoms with Crippen LogP contribution in [0.15, 0.2) is 53.0 Å². The first-order chi connectivity index (χ1) is 8.70. The predicted molar refractivity (Wildman–Crippen MR) is 82.8 cm³/mol. The Morgan fingerprint density at radius 3 is 2.50 bits per heavy atom.